The number of nitrogens with one attached hydrogen (secondary N) is 1. The maximum atomic E-state index is 12.6. The number of aliphatic hydroxyl groups is 1. The maximum absolute atomic E-state index is 12.6. The number of likely N-dealkylation sites (N-methyl/N-ethyl adjacent to an activating group) is 1. The van der Waals surface area contributed by atoms with Crippen LogP contribution >= 0.6 is 0 Å². The van der Waals surface area contributed by atoms with E-state index in [1.807, 2.05) is 0 Å². The van der Waals surface area contributed by atoms with Crippen molar-refractivity contribution in [3.05, 3.63) is 29.8 Å². The van der Waals surface area contributed by atoms with Crippen LogP contribution < -0.4 is 10.3 Å². The molecule has 0 radical (unpaired) electrons. The summed E-state index contributed by atoms with van der Waals surface area (Å²) in [5, 5.41) is 18.9. The Hall–Kier alpha value is -2.25. The van der Waals surface area contributed by atoms with Crippen molar-refractivity contribution in [2.45, 2.75) is 45.3 Å². The Kier molecular flexibility index (Phi) is 5.11. The minimum absolute atomic E-state index is 0.143. The third kappa shape index (κ3) is 3.24. The van der Waals surface area contributed by atoms with Crippen LogP contribution in [0.2, 0.25) is 0 Å². The summed E-state index contributed by atoms with van der Waals surface area (Å²) in [5.74, 6) is -0.641. The molecule has 2 aliphatic rings. The van der Waals surface area contributed by atoms with Crippen molar-refractivity contribution in [1.82, 2.24) is 10.2 Å². The Bertz CT molecular complexity index is 748. The van der Waals surface area contributed by atoms with E-state index < -0.39 is 11.5 Å². The Morgan fingerprint density at radius 3 is 2.81 bits per heavy atom. The van der Waals surface area contributed by atoms with Gasteiger partial charge in [0.15, 0.2) is 5.60 Å². The van der Waals surface area contributed by atoms with Crippen molar-refractivity contribution in [2.75, 3.05) is 24.6 Å². The second-order valence-corrected chi connectivity index (χ2v) is 6.92. The van der Waals surface area contributed by atoms with Crippen molar-refractivity contribution < 1.29 is 14.7 Å². The first-order valence-corrected chi connectivity index (χ1v) is 9.15. The van der Waals surface area contributed by atoms with Gasteiger partial charge in [0.25, 0.3) is 11.8 Å². The zero-order valence-corrected chi connectivity index (χ0v) is 15.5. The van der Waals surface area contributed by atoms with E-state index in [1.54, 1.807) is 38.1 Å². The first-order chi connectivity index (χ1) is 12.4. The van der Waals surface area contributed by atoms with E-state index >= 15 is 0 Å². The summed E-state index contributed by atoms with van der Waals surface area (Å²) in [6.45, 7) is 8.33. The molecule has 2 atom stereocenters. The quantitative estimate of drug-likeness (QED) is 0.833. The number of hydrazone groups is 1. The number of anilines is 1. The molecule has 0 saturated carbocycles. The highest BCUT2D eigenvalue weighted by molar-refractivity contribution is 6.21. The molecule has 26 heavy (non-hydrogen) atoms. The average molecular weight is 358 g/mol. The standard InChI is InChI=1S/C19H26N4O3/c1-4-19(26)13(3)21-23(18(19)25)16-8-6-7-14(11-16)17(24)20-15-9-10-22(5-2)12-15/h6-8,11,15,26H,4-5,9-10,12H2,1-3H3,(H,20,24)/t15-,19+/m0/s1. The first-order valence-electron chi connectivity index (χ1n) is 9.15. The summed E-state index contributed by atoms with van der Waals surface area (Å²) in [6.07, 6.45) is 1.20. The number of nitrogens with zero attached hydrogens (tertiary/aromatic N) is 3. The molecule has 1 aromatic rings. The Morgan fingerprint density at radius 2 is 2.19 bits per heavy atom. The molecule has 0 aromatic heterocycles. The van der Waals surface area contributed by atoms with E-state index in [4.69, 9.17) is 0 Å². The molecular weight excluding hydrogens is 332 g/mol. The molecule has 1 saturated heterocycles. The van der Waals surface area contributed by atoms with E-state index in [9.17, 15) is 14.7 Å². The van der Waals surface area contributed by atoms with Crippen LogP contribution in [0.25, 0.3) is 0 Å². The van der Waals surface area contributed by atoms with Gasteiger partial charge < -0.3 is 15.3 Å². The fourth-order valence-corrected chi connectivity index (χ4v) is 3.48. The Morgan fingerprint density at radius 1 is 1.42 bits per heavy atom. The predicted molar refractivity (Wildman–Crippen MR) is 100 cm³/mol. The highest BCUT2D eigenvalue weighted by Gasteiger charge is 2.46. The molecule has 2 heterocycles. The van der Waals surface area contributed by atoms with Crippen LogP contribution in [-0.2, 0) is 4.79 Å². The number of benzene rings is 1. The number of rotatable bonds is 5. The number of amides is 2. The van der Waals surface area contributed by atoms with Gasteiger partial charge in [0, 0.05) is 24.7 Å². The SMILES string of the molecule is CCN1CC[C@H](NC(=O)c2cccc(N3N=C(C)[C@](O)(CC)C3=O)c2)C1. The molecule has 2 N–H and O–H groups in total. The number of carbonyl (C=O) groups is 2. The lowest BCUT2D eigenvalue weighted by atomic mass is 9.95. The fraction of sp³-hybridized carbons (Fsp3) is 0.526. The third-order valence-corrected chi connectivity index (χ3v) is 5.31. The van der Waals surface area contributed by atoms with E-state index in [1.165, 1.54) is 5.01 Å². The third-order valence-electron chi connectivity index (χ3n) is 5.31. The van der Waals surface area contributed by atoms with Crippen LogP contribution in [0.5, 0.6) is 0 Å². The molecule has 2 amide bonds. The van der Waals surface area contributed by atoms with Crippen LogP contribution in [0.4, 0.5) is 5.69 Å². The zero-order chi connectivity index (χ0) is 18.9. The van der Waals surface area contributed by atoms with Crippen LogP contribution in [0.3, 0.4) is 0 Å². The molecule has 7 nitrogen and oxygen atoms in total. The highest BCUT2D eigenvalue weighted by Crippen LogP contribution is 2.29. The monoisotopic (exact) mass is 358 g/mol. The number of likely N-dealkylation sites (tertiary alicyclic amines) is 1. The van der Waals surface area contributed by atoms with Crippen molar-refractivity contribution in [2.24, 2.45) is 5.10 Å². The van der Waals surface area contributed by atoms with E-state index in [0.29, 0.717) is 17.0 Å². The second-order valence-electron chi connectivity index (χ2n) is 6.92. The number of hydrogen-bond acceptors (Lipinski definition) is 5. The summed E-state index contributed by atoms with van der Waals surface area (Å²) < 4.78 is 0. The largest absolute Gasteiger partial charge is 0.374 e. The van der Waals surface area contributed by atoms with Gasteiger partial charge >= 0.3 is 0 Å². The van der Waals surface area contributed by atoms with Crippen molar-refractivity contribution in [3.8, 4) is 0 Å². The van der Waals surface area contributed by atoms with Crippen LogP contribution in [0.15, 0.2) is 29.4 Å². The van der Waals surface area contributed by atoms with Gasteiger partial charge in [-0.2, -0.15) is 10.1 Å². The smallest absolute Gasteiger partial charge is 0.285 e. The Labute approximate surface area is 153 Å². The highest BCUT2D eigenvalue weighted by atomic mass is 16.3. The summed E-state index contributed by atoms with van der Waals surface area (Å²) in [4.78, 5) is 27.4. The van der Waals surface area contributed by atoms with Crippen LogP contribution in [-0.4, -0.2) is 58.8 Å². The number of hydrogen-bond donors (Lipinski definition) is 2. The summed E-state index contributed by atoms with van der Waals surface area (Å²) in [7, 11) is 0. The Balaban J connectivity index is 1.75. The van der Waals surface area contributed by atoms with Crippen molar-refractivity contribution >= 4 is 23.2 Å². The predicted octanol–water partition coefficient (Wildman–Crippen LogP) is 1.37. The lowest BCUT2D eigenvalue weighted by molar-refractivity contribution is -0.129. The maximum Gasteiger partial charge on any atom is 0.285 e. The van der Waals surface area contributed by atoms with Gasteiger partial charge in [0.2, 0.25) is 0 Å². The lowest BCUT2D eigenvalue weighted by Gasteiger charge is -2.20. The van der Waals surface area contributed by atoms with Crippen molar-refractivity contribution in [1.29, 1.82) is 0 Å². The molecule has 7 heteroatoms. The minimum Gasteiger partial charge on any atom is -0.374 e. The molecule has 0 aliphatic carbocycles. The van der Waals surface area contributed by atoms with Gasteiger partial charge in [-0.1, -0.05) is 19.9 Å². The molecule has 2 aliphatic heterocycles. The van der Waals surface area contributed by atoms with E-state index in [0.717, 1.165) is 26.1 Å². The van der Waals surface area contributed by atoms with E-state index in [2.05, 4.69) is 22.2 Å². The lowest BCUT2D eigenvalue weighted by Crippen LogP contribution is -2.45. The molecule has 3 rings (SSSR count). The zero-order valence-electron chi connectivity index (χ0n) is 15.5. The normalized spacial score (nSPS) is 26.3. The summed E-state index contributed by atoms with van der Waals surface area (Å²) in [5.41, 5.74) is -0.241. The minimum atomic E-state index is -1.56. The average Bonchev–Trinajstić information content (AvgIpc) is 3.20. The summed E-state index contributed by atoms with van der Waals surface area (Å²) in [6, 6.07) is 6.93. The fourth-order valence-electron chi connectivity index (χ4n) is 3.48. The molecule has 0 bridgehead atoms. The van der Waals surface area contributed by atoms with Gasteiger partial charge in [0.05, 0.1) is 11.4 Å². The number of carbonyl (C=O) groups excluding carboxylic acids is 2. The van der Waals surface area contributed by atoms with Gasteiger partial charge in [-0.3, -0.25) is 9.59 Å². The van der Waals surface area contributed by atoms with Gasteiger partial charge in [-0.05, 0) is 44.5 Å². The second kappa shape index (κ2) is 7.17. The molecular formula is C19H26N4O3. The van der Waals surface area contributed by atoms with Crippen LogP contribution in [0, 0.1) is 0 Å². The van der Waals surface area contributed by atoms with Gasteiger partial charge in [0.1, 0.15) is 0 Å². The van der Waals surface area contributed by atoms with Crippen molar-refractivity contribution in [3.63, 3.8) is 0 Å². The first kappa shape index (κ1) is 18.5. The molecule has 140 valence electrons. The van der Waals surface area contributed by atoms with Gasteiger partial charge in [-0.15, -0.1) is 0 Å². The molecule has 1 fully saturated rings. The topological polar surface area (TPSA) is 85.2 Å². The summed E-state index contributed by atoms with van der Waals surface area (Å²) >= 11 is 0. The molecule has 0 unspecified atom stereocenters. The molecule has 0 spiro atoms. The molecule has 1 aromatic carbocycles. The van der Waals surface area contributed by atoms with E-state index in [-0.39, 0.29) is 18.4 Å². The van der Waals surface area contributed by atoms with Gasteiger partial charge in [-0.25, -0.2) is 0 Å². The van der Waals surface area contributed by atoms with Crippen LogP contribution in [0.1, 0.15) is 44.0 Å².